The van der Waals surface area contributed by atoms with Gasteiger partial charge in [0, 0.05) is 3.92 Å². The van der Waals surface area contributed by atoms with Gasteiger partial charge in [0.2, 0.25) is 0 Å². The van der Waals surface area contributed by atoms with Gasteiger partial charge in [0.1, 0.15) is 10.5 Å². The summed E-state index contributed by atoms with van der Waals surface area (Å²) in [5, 5.41) is 0. The summed E-state index contributed by atoms with van der Waals surface area (Å²) < 4.78 is 6.19. The van der Waals surface area contributed by atoms with Crippen molar-refractivity contribution in [1.82, 2.24) is 0 Å². The fourth-order valence-electron chi connectivity index (χ4n) is 0.994. The van der Waals surface area contributed by atoms with Crippen molar-refractivity contribution in [2.75, 3.05) is 0 Å². The molecule has 0 fully saturated rings. The molecule has 0 aliphatic carbocycles. The first kappa shape index (κ1) is 10.9. The zero-order valence-corrected chi connectivity index (χ0v) is 11.2. The molecule has 0 radical (unpaired) electrons. The van der Waals surface area contributed by atoms with E-state index in [0.717, 1.165) is 14.4 Å². The topological polar surface area (TPSA) is 9.23 Å². The van der Waals surface area contributed by atoms with Crippen LogP contribution in [0.4, 0.5) is 0 Å². The summed E-state index contributed by atoms with van der Waals surface area (Å²) in [7, 11) is 0.884. The van der Waals surface area contributed by atoms with Crippen LogP contribution < -0.4 is 0 Å². The summed E-state index contributed by atoms with van der Waals surface area (Å²) in [6.07, 6.45) is 4.23. The maximum absolute atomic E-state index is 5.47. The summed E-state index contributed by atoms with van der Waals surface area (Å²) in [6, 6.07) is 0. The largest absolute Gasteiger partial charge is 0.424 e. The van der Waals surface area contributed by atoms with Gasteiger partial charge in [0.15, 0.2) is 0 Å². The van der Waals surface area contributed by atoms with Gasteiger partial charge in [-0.3, -0.25) is 0 Å². The Balaban J connectivity index is 3.56. The zero-order valence-electron chi connectivity index (χ0n) is 7.06. The van der Waals surface area contributed by atoms with Gasteiger partial charge in [-0.25, -0.2) is 0 Å². The molecule has 0 spiro atoms. The van der Waals surface area contributed by atoms with Crippen LogP contribution in [0.15, 0.2) is 0 Å². The molecule has 0 heterocycles. The summed E-state index contributed by atoms with van der Waals surface area (Å²) in [5.41, 5.74) is 0. The highest BCUT2D eigenvalue weighted by Crippen LogP contribution is 2.17. The standard InChI is InChI=1S/C7H17IOSi/c1-3-5-7(9-10)6(8)4-2/h6-7H,3-5H2,1-2,10H3. The average molecular weight is 272 g/mol. The quantitative estimate of drug-likeness (QED) is 0.420. The molecule has 0 aliphatic rings. The van der Waals surface area contributed by atoms with Gasteiger partial charge in [0.05, 0.1) is 6.10 Å². The first-order valence-electron chi connectivity index (χ1n) is 3.93. The lowest BCUT2D eigenvalue weighted by Gasteiger charge is -2.19. The smallest absolute Gasteiger partial charge is 0.146 e. The van der Waals surface area contributed by atoms with Gasteiger partial charge < -0.3 is 4.43 Å². The lowest BCUT2D eigenvalue weighted by Crippen LogP contribution is -2.22. The molecule has 0 amide bonds. The Labute approximate surface area is 80.6 Å². The highest BCUT2D eigenvalue weighted by atomic mass is 127. The number of hydrogen-bond acceptors (Lipinski definition) is 1. The fourth-order valence-corrected chi connectivity index (χ4v) is 2.77. The van der Waals surface area contributed by atoms with E-state index in [4.69, 9.17) is 4.43 Å². The van der Waals surface area contributed by atoms with Crippen molar-refractivity contribution >= 4 is 33.1 Å². The van der Waals surface area contributed by atoms with Crippen molar-refractivity contribution in [2.45, 2.75) is 43.1 Å². The van der Waals surface area contributed by atoms with Crippen LogP contribution in [-0.4, -0.2) is 20.5 Å². The molecule has 0 aromatic heterocycles. The van der Waals surface area contributed by atoms with Gasteiger partial charge in [-0.05, 0) is 12.8 Å². The Morgan fingerprint density at radius 1 is 1.50 bits per heavy atom. The van der Waals surface area contributed by atoms with Crippen LogP contribution in [0.1, 0.15) is 33.1 Å². The van der Waals surface area contributed by atoms with E-state index < -0.39 is 0 Å². The molecule has 0 aliphatic heterocycles. The Morgan fingerprint density at radius 2 is 2.10 bits per heavy atom. The maximum atomic E-state index is 5.47. The molecular weight excluding hydrogens is 255 g/mol. The first-order valence-corrected chi connectivity index (χ1v) is 5.99. The van der Waals surface area contributed by atoms with Crippen LogP contribution in [0.5, 0.6) is 0 Å². The predicted molar refractivity (Wildman–Crippen MR) is 57.8 cm³/mol. The average Bonchev–Trinajstić information content (AvgIpc) is 1.99. The zero-order chi connectivity index (χ0) is 7.98. The van der Waals surface area contributed by atoms with E-state index in [9.17, 15) is 0 Å². The molecule has 0 bridgehead atoms. The minimum Gasteiger partial charge on any atom is -0.424 e. The predicted octanol–water partition coefficient (Wildman–Crippen LogP) is 1.67. The minimum atomic E-state index is 0.530. The van der Waals surface area contributed by atoms with Crippen molar-refractivity contribution < 1.29 is 4.43 Å². The Kier molecular flexibility index (Phi) is 7.21. The number of alkyl halides is 1. The number of halogens is 1. The summed E-state index contributed by atoms with van der Waals surface area (Å²) in [6.45, 7) is 4.44. The van der Waals surface area contributed by atoms with Crippen LogP contribution in [-0.2, 0) is 4.43 Å². The number of hydrogen-bond donors (Lipinski definition) is 0. The molecule has 10 heavy (non-hydrogen) atoms. The first-order chi connectivity index (χ1) is 4.76. The minimum absolute atomic E-state index is 0.530. The second-order valence-electron chi connectivity index (χ2n) is 2.49. The van der Waals surface area contributed by atoms with Crippen molar-refractivity contribution in [3.63, 3.8) is 0 Å². The summed E-state index contributed by atoms with van der Waals surface area (Å²) in [5.74, 6) is 0. The molecule has 0 aromatic carbocycles. The van der Waals surface area contributed by atoms with Crippen molar-refractivity contribution in [3.05, 3.63) is 0 Å². The van der Waals surface area contributed by atoms with E-state index in [-0.39, 0.29) is 0 Å². The second kappa shape index (κ2) is 6.61. The van der Waals surface area contributed by atoms with E-state index in [1.165, 1.54) is 19.3 Å². The Bertz CT molecular complexity index is 80.0. The molecule has 0 saturated carbocycles. The van der Waals surface area contributed by atoms with Crippen LogP contribution in [0.3, 0.4) is 0 Å². The highest BCUT2D eigenvalue weighted by Gasteiger charge is 2.13. The van der Waals surface area contributed by atoms with E-state index in [2.05, 4.69) is 36.4 Å². The van der Waals surface area contributed by atoms with Gasteiger partial charge >= 0.3 is 0 Å². The Hall–Kier alpha value is 0.907. The second-order valence-corrected chi connectivity index (χ2v) is 4.56. The van der Waals surface area contributed by atoms with E-state index in [1.807, 2.05) is 0 Å². The summed E-state index contributed by atoms with van der Waals surface area (Å²) in [4.78, 5) is 0. The van der Waals surface area contributed by atoms with Crippen molar-refractivity contribution in [3.8, 4) is 0 Å². The molecule has 0 rings (SSSR count). The third-order valence-corrected chi connectivity index (χ3v) is 3.96. The Morgan fingerprint density at radius 3 is 2.40 bits per heavy atom. The normalized spacial score (nSPS) is 17.1. The van der Waals surface area contributed by atoms with Crippen LogP contribution in [0.25, 0.3) is 0 Å². The molecule has 0 aromatic rings. The van der Waals surface area contributed by atoms with Crippen molar-refractivity contribution in [2.24, 2.45) is 0 Å². The van der Waals surface area contributed by atoms with Gasteiger partial charge in [-0.1, -0.05) is 42.9 Å². The fraction of sp³-hybridized carbons (Fsp3) is 1.00. The molecule has 2 unspecified atom stereocenters. The van der Waals surface area contributed by atoms with E-state index >= 15 is 0 Å². The van der Waals surface area contributed by atoms with Gasteiger partial charge in [-0.15, -0.1) is 0 Å². The lowest BCUT2D eigenvalue weighted by atomic mass is 10.1. The molecular formula is C7H17IOSi. The molecule has 0 N–H and O–H groups in total. The van der Waals surface area contributed by atoms with Crippen LogP contribution in [0, 0.1) is 0 Å². The van der Waals surface area contributed by atoms with E-state index in [1.54, 1.807) is 0 Å². The van der Waals surface area contributed by atoms with Crippen LogP contribution >= 0.6 is 22.6 Å². The van der Waals surface area contributed by atoms with Crippen LogP contribution in [0.2, 0.25) is 0 Å². The third-order valence-electron chi connectivity index (χ3n) is 1.67. The maximum Gasteiger partial charge on any atom is 0.146 e. The number of rotatable bonds is 5. The summed E-state index contributed by atoms with van der Waals surface area (Å²) >= 11 is 2.49. The SMILES string of the molecule is CCCC(O[SiH3])C(I)CC. The molecule has 2 atom stereocenters. The molecule has 62 valence electrons. The monoisotopic (exact) mass is 272 g/mol. The molecule has 0 saturated heterocycles. The highest BCUT2D eigenvalue weighted by molar-refractivity contribution is 14.1. The van der Waals surface area contributed by atoms with E-state index in [0.29, 0.717) is 6.10 Å². The van der Waals surface area contributed by atoms with Crippen molar-refractivity contribution in [1.29, 1.82) is 0 Å². The van der Waals surface area contributed by atoms with Gasteiger partial charge in [-0.2, -0.15) is 0 Å². The third kappa shape index (κ3) is 3.93. The van der Waals surface area contributed by atoms with Gasteiger partial charge in [0.25, 0.3) is 0 Å². The molecule has 3 heteroatoms. The molecule has 1 nitrogen and oxygen atoms in total. The lowest BCUT2D eigenvalue weighted by molar-refractivity contribution is 0.208.